The van der Waals surface area contributed by atoms with Crippen LogP contribution in [0.3, 0.4) is 0 Å². The molecular weight excluding hydrogens is 256 g/mol. The summed E-state index contributed by atoms with van der Waals surface area (Å²) < 4.78 is 0. The van der Waals surface area contributed by atoms with Gasteiger partial charge in [-0.05, 0) is 18.9 Å². The van der Waals surface area contributed by atoms with Crippen LogP contribution >= 0.6 is 0 Å². The zero-order chi connectivity index (χ0) is 14.8. The van der Waals surface area contributed by atoms with Crippen LogP contribution in [0.4, 0.5) is 4.79 Å². The Morgan fingerprint density at radius 3 is 2.45 bits per heavy atom. The van der Waals surface area contributed by atoms with E-state index in [1.165, 1.54) is 0 Å². The number of nitrogens with zero attached hydrogens (tertiary/aromatic N) is 1. The van der Waals surface area contributed by atoms with Crippen molar-refractivity contribution in [1.29, 1.82) is 0 Å². The topological polar surface area (TPSA) is 66.5 Å². The maximum atomic E-state index is 12.1. The van der Waals surface area contributed by atoms with Gasteiger partial charge in [0.1, 0.15) is 5.54 Å². The molecule has 0 aromatic heterocycles. The molecule has 1 saturated heterocycles. The van der Waals surface area contributed by atoms with E-state index in [0.29, 0.717) is 6.42 Å². The number of hydrogen-bond donors (Lipinski definition) is 1. The first-order valence-corrected chi connectivity index (χ1v) is 6.66. The lowest BCUT2D eigenvalue weighted by Crippen LogP contribution is -2.43. The molecule has 1 unspecified atom stereocenters. The van der Waals surface area contributed by atoms with E-state index in [2.05, 4.69) is 5.32 Å². The average molecular weight is 274 g/mol. The fourth-order valence-corrected chi connectivity index (χ4v) is 2.19. The Morgan fingerprint density at radius 1 is 1.25 bits per heavy atom. The molecule has 0 bridgehead atoms. The second-order valence-electron chi connectivity index (χ2n) is 5.21. The molecule has 3 amide bonds. The minimum atomic E-state index is -0.885. The summed E-state index contributed by atoms with van der Waals surface area (Å²) in [7, 11) is 0. The van der Waals surface area contributed by atoms with Crippen LogP contribution in [0, 0.1) is 0 Å². The molecule has 1 atom stereocenters. The van der Waals surface area contributed by atoms with E-state index < -0.39 is 11.6 Å². The van der Waals surface area contributed by atoms with Gasteiger partial charge in [-0.2, -0.15) is 0 Å². The van der Waals surface area contributed by atoms with Gasteiger partial charge in [-0.3, -0.25) is 14.5 Å². The molecule has 5 heteroatoms. The van der Waals surface area contributed by atoms with Crippen molar-refractivity contribution >= 4 is 17.7 Å². The number of rotatable bonds is 5. The van der Waals surface area contributed by atoms with Gasteiger partial charge in [-0.25, -0.2) is 4.79 Å². The highest BCUT2D eigenvalue weighted by atomic mass is 16.2. The molecule has 0 radical (unpaired) electrons. The van der Waals surface area contributed by atoms with Crippen LogP contribution in [0.1, 0.15) is 25.8 Å². The summed E-state index contributed by atoms with van der Waals surface area (Å²) >= 11 is 0. The predicted molar refractivity (Wildman–Crippen MR) is 74.1 cm³/mol. The highest BCUT2D eigenvalue weighted by Gasteiger charge is 2.46. The number of carbonyl (C=O) groups excluding carboxylic acids is 3. The SMILES string of the molecule is CCC1(C)NC(=O)N(CC(=O)Cc2ccccc2)C1=O. The average Bonchev–Trinajstić information content (AvgIpc) is 2.64. The molecule has 1 aromatic rings. The Hall–Kier alpha value is -2.17. The van der Waals surface area contributed by atoms with Crippen molar-refractivity contribution in [3.63, 3.8) is 0 Å². The summed E-state index contributed by atoms with van der Waals surface area (Å²) in [5.74, 6) is -0.480. The summed E-state index contributed by atoms with van der Waals surface area (Å²) in [6.07, 6.45) is 0.724. The zero-order valence-corrected chi connectivity index (χ0v) is 11.7. The summed E-state index contributed by atoms with van der Waals surface area (Å²) in [4.78, 5) is 36.9. The van der Waals surface area contributed by atoms with Gasteiger partial charge in [-0.1, -0.05) is 37.3 Å². The lowest BCUT2D eigenvalue weighted by Gasteiger charge is -2.18. The Morgan fingerprint density at radius 2 is 1.90 bits per heavy atom. The maximum absolute atomic E-state index is 12.1. The molecule has 0 saturated carbocycles. The van der Waals surface area contributed by atoms with Crippen molar-refractivity contribution in [3.05, 3.63) is 35.9 Å². The largest absolute Gasteiger partial charge is 0.325 e. The summed E-state index contributed by atoms with van der Waals surface area (Å²) in [6, 6.07) is 8.79. The summed E-state index contributed by atoms with van der Waals surface area (Å²) in [6.45, 7) is 3.33. The third-order valence-electron chi connectivity index (χ3n) is 3.63. The third kappa shape index (κ3) is 2.71. The molecule has 0 aliphatic carbocycles. The van der Waals surface area contributed by atoms with Gasteiger partial charge < -0.3 is 5.32 Å². The minimum absolute atomic E-state index is 0.153. The molecule has 1 aliphatic heterocycles. The van der Waals surface area contributed by atoms with Gasteiger partial charge in [0.05, 0.1) is 6.54 Å². The van der Waals surface area contributed by atoms with Crippen LogP contribution in [-0.4, -0.2) is 34.7 Å². The molecular formula is C15H18N2O3. The Bertz CT molecular complexity index is 541. The molecule has 20 heavy (non-hydrogen) atoms. The van der Waals surface area contributed by atoms with E-state index in [9.17, 15) is 14.4 Å². The first-order valence-electron chi connectivity index (χ1n) is 6.66. The van der Waals surface area contributed by atoms with Crippen molar-refractivity contribution in [2.45, 2.75) is 32.2 Å². The van der Waals surface area contributed by atoms with E-state index in [1.807, 2.05) is 37.3 Å². The predicted octanol–water partition coefficient (Wildman–Crippen LogP) is 1.52. The lowest BCUT2D eigenvalue weighted by molar-refractivity contribution is -0.134. The van der Waals surface area contributed by atoms with Crippen LogP contribution < -0.4 is 5.32 Å². The Balaban J connectivity index is 2.02. The van der Waals surface area contributed by atoms with Gasteiger partial charge in [-0.15, -0.1) is 0 Å². The molecule has 106 valence electrons. The molecule has 1 N–H and O–H groups in total. The monoisotopic (exact) mass is 274 g/mol. The number of amides is 3. The molecule has 5 nitrogen and oxygen atoms in total. The smallest absolute Gasteiger partial charge is 0.323 e. The number of imide groups is 1. The lowest BCUT2D eigenvalue weighted by atomic mass is 9.99. The second kappa shape index (κ2) is 5.45. The zero-order valence-electron chi connectivity index (χ0n) is 11.7. The fraction of sp³-hybridized carbons (Fsp3) is 0.400. The van der Waals surface area contributed by atoms with E-state index in [-0.39, 0.29) is 24.7 Å². The van der Waals surface area contributed by atoms with Gasteiger partial charge >= 0.3 is 6.03 Å². The number of benzene rings is 1. The third-order valence-corrected chi connectivity index (χ3v) is 3.63. The Kier molecular flexibility index (Phi) is 3.88. The highest BCUT2D eigenvalue weighted by Crippen LogP contribution is 2.20. The van der Waals surface area contributed by atoms with Crippen LogP contribution in [0.25, 0.3) is 0 Å². The van der Waals surface area contributed by atoms with Gasteiger partial charge in [0.25, 0.3) is 5.91 Å². The number of ketones is 1. The molecule has 1 fully saturated rings. The maximum Gasteiger partial charge on any atom is 0.325 e. The van der Waals surface area contributed by atoms with E-state index in [0.717, 1.165) is 10.5 Å². The van der Waals surface area contributed by atoms with Crippen LogP contribution in [0.5, 0.6) is 0 Å². The van der Waals surface area contributed by atoms with Gasteiger partial charge in [0, 0.05) is 6.42 Å². The molecule has 1 aromatic carbocycles. The van der Waals surface area contributed by atoms with Gasteiger partial charge in [0.2, 0.25) is 0 Å². The van der Waals surface area contributed by atoms with Crippen molar-refractivity contribution in [2.24, 2.45) is 0 Å². The van der Waals surface area contributed by atoms with Crippen molar-refractivity contribution in [3.8, 4) is 0 Å². The summed E-state index contributed by atoms with van der Waals surface area (Å²) in [5, 5.41) is 2.63. The number of carbonyl (C=O) groups is 3. The molecule has 2 rings (SSSR count). The standard InChI is InChI=1S/C15H18N2O3/c1-3-15(2)13(19)17(14(20)16-15)10-12(18)9-11-7-5-4-6-8-11/h4-8H,3,9-10H2,1-2H3,(H,16,20). The highest BCUT2D eigenvalue weighted by molar-refractivity contribution is 6.09. The molecule has 1 heterocycles. The summed E-state index contributed by atoms with van der Waals surface area (Å²) in [5.41, 5.74) is -0.00721. The minimum Gasteiger partial charge on any atom is -0.323 e. The fourth-order valence-electron chi connectivity index (χ4n) is 2.19. The second-order valence-corrected chi connectivity index (χ2v) is 5.21. The van der Waals surface area contributed by atoms with E-state index >= 15 is 0 Å². The first kappa shape index (κ1) is 14.2. The van der Waals surface area contributed by atoms with Gasteiger partial charge in [0.15, 0.2) is 5.78 Å². The van der Waals surface area contributed by atoms with E-state index in [4.69, 9.17) is 0 Å². The van der Waals surface area contributed by atoms with Crippen molar-refractivity contribution < 1.29 is 14.4 Å². The van der Waals surface area contributed by atoms with Crippen LogP contribution in [0.2, 0.25) is 0 Å². The number of hydrogen-bond acceptors (Lipinski definition) is 3. The van der Waals surface area contributed by atoms with E-state index in [1.54, 1.807) is 6.92 Å². The molecule has 0 spiro atoms. The normalized spacial score (nSPS) is 22.0. The van der Waals surface area contributed by atoms with Crippen LogP contribution in [0.15, 0.2) is 30.3 Å². The first-order chi connectivity index (χ1) is 9.46. The number of urea groups is 1. The number of nitrogens with one attached hydrogen (secondary N) is 1. The van der Waals surface area contributed by atoms with Crippen molar-refractivity contribution in [1.82, 2.24) is 10.2 Å². The van der Waals surface area contributed by atoms with Crippen LogP contribution in [-0.2, 0) is 16.0 Å². The van der Waals surface area contributed by atoms with Crippen molar-refractivity contribution in [2.75, 3.05) is 6.54 Å². The Labute approximate surface area is 118 Å². The molecule has 1 aliphatic rings. The number of Topliss-reactive ketones (excluding diaryl/α,β-unsaturated/α-hetero) is 1. The quantitative estimate of drug-likeness (QED) is 0.828.